The van der Waals surface area contributed by atoms with Crippen LogP contribution in [0.1, 0.15) is 25.0 Å². The Morgan fingerprint density at radius 1 is 1.24 bits per heavy atom. The Balaban J connectivity index is 1.79. The Labute approximate surface area is 128 Å². The van der Waals surface area contributed by atoms with Crippen LogP contribution in [-0.4, -0.2) is 35.1 Å². The van der Waals surface area contributed by atoms with Gasteiger partial charge in [-0.1, -0.05) is 0 Å². The van der Waals surface area contributed by atoms with Crippen LogP contribution < -0.4 is 9.80 Å². The predicted octanol–water partition coefficient (Wildman–Crippen LogP) is 2.74. The van der Waals surface area contributed by atoms with E-state index in [9.17, 15) is 0 Å². The number of hydrogen-bond donors (Lipinski definition) is 0. The monoisotopic (exact) mass is 307 g/mol. The molecule has 3 rings (SSSR count). The van der Waals surface area contributed by atoms with Gasteiger partial charge in [0.25, 0.3) is 0 Å². The highest BCUT2D eigenvalue weighted by Crippen LogP contribution is 2.20. The van der Waals surface area contributed by atoms with Gasteiger partial charge in [-0.15, -0.1) is 0 Å². The fourth-order valence-corrected chi connectivity index (χ4v) is 2.59. The summed E-state index contributed by atoms with van der Waals surface area (Å²) in [5, 5.41) is 0.229. The molecule has 0 unspecified atom stereocenters. The van der Waals surface area contributed by atoms with Crippen LogP contribution >= 0.6 is 11.6 Å². The third-order valence-corrected chi connectivity index (χ3v) is 3.71. The number of rotatable bonds is 4. The Kier molecular flexibility index (Phi) is 4.24. The van der Waals surface area contributed by atoms with Crippen molar-refractivity contribution in [2.45, 2.75) is 25.8 Å². The topological polar surface area (TPSA) is 58.3 Å². The van der Waals surface area contributed by atoms with Gasteiger partial charge >= 0.3 is 0 Å². The van der Waals surface area contributed by atoms with Crippen molar-refractivity contribution in [2.75, 3.05) is 29.9 Å². The summed E-state index contributed by atoms with van der Waals surface area (Å²) in [6, 6.07) is 3.79. The van der Waals surface area contributed by atoms with Crippen LogP contribution in [0.4, 0.5) is 11.9 Å². The van der Waals surface area contributed by atoms with Gasteiger partial charge in [0.15, 0.2) is 0 Å². The van der Waals surface area contributed by atoms with Crippen molar-refractivity contribution in [3.8, 4) is 0 Å². The molecule has 0 amide bonds. The first kappa shape index (κ1) is 14.1. The third-order valence-electron chi connectivity index (χ3n) is 3.54. The minimum Gasteiger partial charge on any atom is -0.467 e. The van der Waals surface area contributed by atoms with E-state index >= 15 is 0 Å². The molecule has 0 aliphatic carbocycles. The molecular formula is C14H18ClN5O. The van der Waals surface area contributed by atoms with Gasteiger partial charge in [-0.05, 0) is 43.0 Å². The number of furan rings is 1. The van der Waals surface area contributed by atoms with Crippen LogP contribution in [0.25, 0.3) is 0 Å². The lowest BCUT2D eigenvalue weighted by molar-refractivity contribution is 0.505. The van der Waals surface area contributed by atoms with Gasteiger partial charge in [0.2, 0.25) is 17.2 Å². The van der Waals surface area contributed by atoms with Crippen molar-refractivity contribution >= 4 is 23.5 Å². The fourth-order valence-electron chi connectivity index (χ4n) is 2.44. The molecule has 3 heterocycles. The largest absolute Gasteiger partial charge is 0.467 e. The molecule has 2 aromatic heterocycles. The Morgan fingerprint density at radius 3 is 2.76 bits per heavy atom. The van der Waals surface area contributed by atoms with Gasteiger partial charge in [0.05, 0.1) is 12.8 Å². The number of hydrogen-bond acceptors (Lipinski definition) is 6. The zero-order valence-electron chi connectivity index (χ0n) is 12.0. The van der Waals surface area contributed by atoms with E-state index in [1.54, 1.807) is 6.26 Å². The highest BCUT2D eigenvalue weighted by atomic mass is 35.5. The second kappa shape index (κ2) is 6.30. The van der Waals surface area contributed by atoms with E-state index in [2.05, 4.69) is 19.9 Å². The van der Waals surface area contributed by atoms with E-state index in [1.165, 1.54) is 19.3 Å². The number of aromatic nitrogens is 3. The van der Waals surface area contributed by atoms with Crippen LogP contribution in [0, 0.1) is 0 Å². The summed E-state index contributed by atoms with van der Waals surface area (Å²) in [6.45, 7) is 2.54. The minimum absolute atomic E-state index is 0.229. The fraction of sp³-hybridized carbons (Fsp3) is 0.500. The summed E-state index contributed by atoms with van der Waals surface area (Å²) in [7, 11) is 1.91. The SMILES string of the molecule is CN(Cc1ccco1)c1nc(Cl)nc(N2CCCCC2)n1. The first-order valence-corrected chi connectivity index (χ1v) is 7.50. The standard InChI is InChI=1S/C14H18ClN5O/c1-19(10-11-6-5-9-21-11)13-16-12(15)17-14(18-13)20-7-3-2-4-8-20/h5-6,9H,2-4,7-8,10H2,1H3. The second-order valence-corrected chi connectivity index (χ2v) is 5.53. The summed E-state index contributed by atoms with van der Waals surface area (Å²) >= 11 is 6.06. The number of halogens is 1. The number of piperidine rings is 1. The minimum atomic E-state index is 0.229. The molecule has 1 aliphatic rings. The van der Waals surface area contributed by atoms with Crippen molar-refractivity contribution in [3.05, 3.63) is 29.4 Å². The molecule has 0 N–H and O–H groups in total. The summed E-state index contributed by atoms with van der Waals surface area (Å²) < 4.78 is 5.35. The first-order chi connectivity index (χ1) is 10.2. The number of anilines is 2. The van der Waals surface area contributed by atoms with E-state index in [0.29, 0.717) is 18.4 Å². The van der Waals surface area contributed by atoms with Crippen molar-refractivity contribution in [1.82, 2.24) is 15.0 Å². The molecule has 0 bridgehead atoms. The van der Waals surface area contributed by atoms with E-state index in [1.807, 2.05) is 24.1 Å². The summed E-state index contributed by atoms with van der Waals surface area (Å²) in [6.07, 6.45) is 5.25. The molecule has 112 valence electrons. The van der Waals surface area contributed by atoms with Gasteiger partial charge in [-0.25, -0.2) is 0 Å². The lowest BCUT2D eigenvalue weighted by Crippen LogP contribution is -2.32. The molecule has 21 heavy (non-hydrogen) atoms. The van der Waals surface area contributed by atoms with Gasteiger partial charge in [0, 0.05) is 20.1 Å². The van der Waals surface area contributed by atoms with Crippen molar-refractivity contribution < 1.29 is 4.42 Å². The molecule has 1 aliphatic heterocycles. The third kappa shape index (κ3) is 3.44. The second-order valence-electron chi connectivity index (χ2n) is 5.19. The average molecular weight is 308 g/mol. The Morgan fingerprint density at radius 2 is 2.05 bits per heavy atom. The van der Waals surface area contributed by atoms with Gasteiger partial charge in [-0.2, -0.15) is 15.0 Å². The van der Waals surface area contributed by atoms with E-state index in [4.69, 9.17) is 16.0 Å². The Bertz CT molecular complexity index is 583. The summed E-state index contributed by atoms with van der Waals surface area (Å²) in [5.41, 5.74) is 0. The van der Waals surface area contributed by atoms with E-state index in [0.717, 1.165) is 18.8 Å². The number of nitrogens with zero attached hydrogens (tertiary/aromatic N) is 5. The van der Waals surface area contributed by atoms with Crippen molar-refractivity contribution in [3.63, 3.8) is 0 Å². The molecule has 0 aromatic carbocycles. The van der Waals surface area contributed by atoms with Gasteiger partial charge in [-0.3, -0.25) is 0 Å². The highest BCUT2D eigenvalue weighted by molar-refractivity contribution is 6.28. The molecule has 2 aromatic rings. The van der Waals surface area contributed by atoms with E-state index < -0.39 is 0 Å². The molecule has 0 spiro atoms. The molecule has 1 fully saturated rings. The molecule has 0 radical (unpaired) electrons. The molecule has 1 saturated heterocycles. The van der Waals surface area contributed by atoms with Crippen molar-refractivity contribution in [2.24, 2.45) is 0 Å². The van der Waals surface area contributed by atoms with Crippen LogP contribution in [0.5, 0.6) is 0 Å². The van der Waals surface area contributed by atoms with Crippen LogP contribution in [0.3, 0.4) is 0 Å². The normalized spacial score (nSPS) is 15.2. The van der Waals surface area contributed by atoms with Gasteiger partial charge in [0.1, 0.15) is 5.76 Å². The summed E-state index contributed by atoms with van der Waals surface area (Å²) in [4.78, 5) is 17.1. The van der Waals surface area contributed by atoms with Crippen LogP contribution in [0.2, 0.25) is 5.28 Å². The van der Waals surface area contributed by atoms with Crippen LogP contribution in [0.15, 0.2) is 22.8 Å². The molecule has 0 atom stereocenters. The maximum atomic E-state index is 6.06. The Hall–Kier alpha value is -1.82. The van der Waals surface area contributed by atoms with Gasteiger partial charge < -0.3 is 14.2 Å². The molecule has 6 nitrogen and oxygen atoms in total. The quantitative estimate of drug-likeness (QED) is 0.865. The highest BCUT2D eigenvalue weighted by Gasteiger charge is 2.17. The predicted molar refractivity (Wildman–Crippen MR) is 81.7 cm³/mol. The average Bonchev–Trinajstić information content (AvgIpc) is 3.00. The van der Waals surface area contributed by atoms with E-state index in [-0.39, 0.29) is 5.28 Å². The summed E-state index contributed by atoms with van der Waals surface area (Å²) in [5.74, 6) is 2.08. The maximum Gasteiger partial charge on any atom is 0.231 e. The lowest BCUT2D eigenvalue weighted by Gasteiger charge is -2.27. The maximum absolute atomic E-state index is 6.06. The molecular weight excluding hydrogens is 290 g/mol. The van der Waals surface area contributed by atoms with Crippen LogP contribution in [-0.2, 0) is 6.54 Å². The first-order valence-electron chi connectivity index (χ1n) is 7.12. The molecule has 0 saturated carbocycles. The zero-order chi connectivity index (χ0) is 14.7. The van der Waals surface area contributed by atoms with Crippen molar-refractivity contribution in [1.29, 1.82) is 0 Å². The molecule has 7 heteroatoms. The smallest absolute Gasteiger partial charge is 0.231 e. The zero-order valence-corrected chi connectivity index (χ0v) is 12.8. The lowest BCUT2D eigenvalue weighted by atomic mass is 10.1.